The monoisotopic (exact) mass is 469 g/mol. The number of nitrogens with zero attached hydrogens (tertiary/aromatic N) is 4. The Labute approximate surface area is 200 Å². The van der Waals surface area contributed by atoms with E-state index in [9.17, 15) is 4.79 Å². The molecular weight excluding hydrogens is 438 g/mol. The maximum absolute atomic E-state index is 9.29. The highest BCUT2D eigenvalue weighted by Crippen LogP contribution is 2.34. The van der Waals surface area contributed by atoms with Crippen molar-refractivity contribution in [2.24, 2.45) is 4.99 Å². The fourth-order valence-electron chi connectivity index (χ4n) is 3.40. The lowest BCUT2D eigenvalue weighted by atomic mass is 10.00. The summed E-state index contributed by atoms with van der Waals surface area (Å²) in [7, 11) is 1.67. The first kappa shape index (κ1) is 26.1. The van der Waals surface area contributed by atoms with Crippen LogP contribution in [0.4, 0.5) is 0 Å². The quantitative estimate of drug-likeness (QED) is 0.513. The fraction of sp³-hybridized carbons (Fsp3) is 0.360. The number of hydrogen-bond acceptors (Lipinski definition) is 5. The molecule has 1 aromatic heterocycles. The van der Waals surface area contributed by atoms with Crippen LogP contribution < -0.4 is 10.1 Å². The number of aromatic nitrogens is 3. The van der Waals surface area contributed by atoms with Crippen LogP contribution in [0.2, 0.25) is 5.02 Å². The Kier molecular flexibility index (Phi) is 10.1. The second-order valence-electron chi connectivity index (χ2n) is 6.91. The van der Waals surface area contributed by atoms with Gasteiger partial charge in [0, 0.05) is 22.7 Å². The molecule has 33 heavy (non-hydrogen) atoms. The minimum absolute atomic E-state index is 0.0692. The molecule has 0 saturated heterocycles. The number of amides is 1. The Bertz CT molecular complexity index is 1080. The molecule has 2 aromatic carbocycles. The highest BCUT2D eigenvalue weighted by Gasteiger charge is 2.27. The van der Waals surface area contributed by atoms with Crippen molar-refractivity contribution in [2.75, 3.05) is 13.7 Å². The maximum Gasteiger partial charge on any atom is 0.207 e. The van der Waals surface area contributed by atoms with Gasteiger partial charge in [-0.05, 0) is 50.6 Å². The second-order valence-corrected chi connectivity index (χ2v) is 7.34. The van der Waals surface area contributed by atoms with Crippen molar-refractivity contribution in [3.8, 4) is 11.4 Å². The van der Waals surface area contributed by atoms with Crippen LogP contribution in [-0.2, 0) is 4.79 Å². The van der Waals surface area contributed by atoms with E-state index >= 15 is 0 Å². The van der Waals surface area contributed by atoms with Crippen molar-refractivity contribution in [3.05, 3.63) is 70.3 Å². The van der Waals surface area contributed by atoms with E-state index in [2.05, 4.69) is 27.0 Å². The summed E-state index contributed by atoms with van der Waals surface area (Å²) in [4.78, 5) is 14.4. The van der Waals surface area contributed by atoms with Crippen molar-refractivity contribution >= 4 is 23.7 Å². The number of carbonyl (C=O) groups excluding carboxylic acids is 1. The summed E-state index contributed by atoms with van der Waals surface area (Å²) in [6, 6.07) is 13.7. The van der Waals surface area contributed by atoms with Gasteiger partial charge in [0.1, 0.15) is 17.6 Å². The van der Waals surface area contributed by atoms with Crippen LogP contribution in [0.3, 0.4) is 0 Å². The van der Waals surface area contributed by atoms with Crippen LogP contribution in [0.5, 0.6) is 5.75 Å². The van der Waals surface area contributed by atoms with E-state index in [4.69, 9.17) is 21.3 Å². The van der Waals surface area contributed by atoms with Gasteiger partial charge in [-0.2, -0.15) is 0 Å². The number of nitrogens with one attached hydrogen (secondary N) is 1. The molecule has 7 nitrogen and oxygen atoms in total. The molecular formula is C25H32ClN5O2. The van der Waals surface area contributed by atoms with E-state index in [1.165, 1.54) is 0 Å². The predicted octanol–water partition coefficient (Wildman–Crippen LogP) is 5.32. The van der Waals surface area contributed by atoms with Gasteiger partial charge >= 0.3 is 0 Å². The van der Waals surface area contributed by atoms with Crippen LogP contribution in [-0.4, -0.2) is 40.5 Å². The maximum atomic E-state index is 9.29. The number of benzene rings is 2. The Morgan fingerprint density at radius 2 is 1.82 bits per heavy atom. The molecule has 176 valence electrons. The lowest BCUT2D eigenvalue weighted by Gasteiger charge is -2.14. The molecule has 1 atom stereocenters. The first-order valence-corrected chi connectivity index (χ1v) is 11.5. The predicted molar refractivity (Wildman–Crippen MR) is 134 cm³/mol. The number of aliphatic imine (C=N–C) groups is 1. The van der Waals surface area contributed by atoms with Gasteiger partial charge < -0.3 is 10.1 Å². The number of fused-ring (bicyclic) bond motifs is 3. The number of rotatable bonds is 5. The molecule has 0 saturated carbocycles. The van der Waals surface area contributed by atoms with Crippen LogP contribution in [0.1, 0.15) is 62.9 Å². The van der Waals surface area contributed by atoms with Crippen LogP contribution in [0.25, 0.3) is 5.69 Å². The van der Waals surface area contributed by atoms with Crippen LogP contribution >= 0.6 is 11.6 Å². The fourth-order valence-corrected chi connectivity index (χ4v) is 3.52. The molecule has 0 aliphatic carbocycles. The summed E-state index contributed by atoms with van der Waals surface area (Å²) >= 11 is 6.08. The van der Waals surface area contributed by atoms with Crippen LogP contribution in [0.15, 0.2) is 47.5 Å². The van der Waals surface area contributed by atoms with Gasteiger partial charge in [-0.3, -0.25) is 14.4 Å². The molecule has 0 fully saturated rings. The zero-order valence-electron chi connectivity index (χ0n) is 20.1. The summed E-state index contributed by atoms with van der Waals surface area (Å²) in [5.74, 6) is 2.49. The molecule has 4 rings (SSSR count). The Balaban J connectivity index is 0.000000489. The topological polar surface area (TPSA) is 81.4 Å². The van der Waals surface area contributed by atoms with Gasteiger partial charge in [-0.15, -0.1) is 10.2 Å². The number of halogens is 1. The first-order valence-electron chi connectivity index (χ1n) is 11.1. The third kappa shape index (κ3) is 5.99. The van der Waals surface area contributed by atoms with E-state index in [0.717, 1.165) is 52.9 Å². The zero-order chi connectivity index (χ0) is 24.4. The summed E-state index contributed by atoms with van der Waals surface area (Å²) in [5, 5.41) is 11.8. The largest absolute Gasteiger partial charge is 0.497 e. The van der Waals surface area contributed by atoms with Crippen molar-refractivity contribution in [2.45, 2.75) is 47.1 Å². The standard InChI is InChI=1S/C20H19ClN4O.C3H7NO.C2H6/c1-4-17-20-24-23-12(2)25(20)18-10-9-15(26-3)11-16(18)19(22-17)13-5-7-14(21)8-6-13;1-2-4-3-5;1-2/h5-11,17H,4H2,1-3H3;3H,2H2,1H3,(H,4,5);1-2H3. The Hall–Kier alpha value is -3.19. The zero-order valence-corrected chi connectivity index (χ0v) is 20.8. The highest BCUT2D eigenvalue weighted by molar-refractivity contribution is 6.30. The average molecular weight is 470 g/mol. The number of hydrogen-bond donors (Lipinski definition) is 1. The third-order valence-electron chi connectivity index (χ3n) is 4.92. The Morgan fingerprint density at radius 3 is 2.36 bits per heavy atom. The van der Waals surface area contributed by atoms with Gasteiger partial charge in [-0.25, -0.2) is 0 Å². The van der Waals surface area contributed by atoms with Gasteiger partial charge in [0.05, 0.1) is 18.5 Å². The minimum atomic E-state index is -0.0692. The lowest BCUT2D eigenvalue weighted by molar-refractivity contribution is -0.109. The molecule has 1 amide bonds. The van der Waals surface area contributed by atoms with Gasteiger partial charge in [0.2, 0.25) is 6.41 Å². The summed E-state index contributed by atoms with van der Waals surface area (Å²) in [6.07, 6.45) is 1.51. The van der Waals surface area contributed by atoms with Gasteiger partial charge in [-0.1, -0.05) is 44.5 Å². The van der Waals surface area contributed by atoms with E-state index in [1.807, 2.05) is 70.2 Å². The van der Waals surface area contributed by atoms with Crippen molar-refractivity contribution < 1.29 is 9.53 Å². The molecule has 0 bridgehead atoms. The van der Waals surface area contributed by atoms with Crippen molar-refractivity contribution in [3.63, 3.8) is 0 Å². The van der Waals surface area contributed by atoms with Gasteiger partial charge in [0.25, 0.3) is 0 Å². The molecule has 8 heteroatoms. The number of ether oxygens (including phenoxy) is 1. The summed E-state index contributed by atoms with van der Waals surface area (Å²) < 4.78 is 7.55. The lowest BCUT2D eigenvalue weighted by Crippen LogP contribution is -2.08. The van der Waals surface area contributed by atoms with E-state index in [0.29, 0.717) is 11.4 Å². The second kappa shape index (κ2) is 12.7. The number of aryl methyl sites for hydroxylation is 1. The first-order chi connectivity index (χ1) is 16.0. The van der Waals surface area contributed by atoms with E-state index in [-0.39, 0.29) is 6.04 Å². The third-order valence-corrected chi connectivity index (χ3v) is 5.18. The van der Waals surface area contributed by atoms with Gasteiger partial charge in [0.15, 0.2) is 5.82 Å². The highest BCUT2D eigenvalue weighted by atomic mass is 35.5. The number of methoxy groups -OCH3 is 1. The van der Waals surface area contributed by atoms with E-state index in [1.54, 1.807) is 7.11 Å². The smallest absolute Gasteiger partial charge is 0.207 e. The molecule has 3 aromatic rings. The molecule has 0 radical (unpaired) electrons. The van der Waals surface area contributed by atoms with E-state index < -0.39 is 0 Å². The van der Waals surface area contributed by atoms with Crippen molar-refractivity contribution in [1.82, 2.24) is 20.1 Å². The molecule has 1 N–H and O–H groups in total. The SMILES string of the molecule is CC.CCC1N=C(c2ccc(Cl)cc2)c2cc(OC)ccc2-n2c(C)nnc21.CCNC=O. The molecule has 1 aliphatic heterocycles. The molecule has 2 heterocycles. The molecule has 1 aliphatic rings. The average Bonchev–Trinajstić information content (AvgIpc) is 3.16. The number of carbonyl (C=O) groups is 1. The molecule has 0 spiro atoms. The normalized spacial score (nSPS) is 13.5. The minimum Gasteiger partial charge on any atom is -0.497 e. The van der Waals surface area contributed by atoms with Crippen molar-refractivity contribution in [1.29, 1.82) is 0 Å². The molecule has 1 unspecified atom stereocenters. The van der Waals surface area contributed by atoms with Crippen LogP contribution in [0, 0.1) is 6.92 Å². The Morgan fingerprint density at radius 1 is 1.12 bits per heavy atom. The summed E-state index contributed by atoms with van der Waals surface area (Å²) in [6.45, 7) is 10.7. The summed E-state index contributed by atoms with van der Waals surface area (Å²) in [5.41, 5.74) is 3.92.